The van der Waals surface area contributed by atoms with E-state index in [1.165, 1.54) is 0 Å². The number of fused-ring (bicyclic) bond motifs is 1. The number of rotatable bonds is 3. The zero-order valence-electron chi connectivity index (χ0n) is 12.8. The van der Waals surface area contributed by atoms with E-state index in [0.717, 1.165) is 11.1 Å². The van der Waals surface area contributed by atoms with Crippen LogP contribution in [0.2, 0.25) is 0 Å². The summed E-state index contributed by atoms with van der Waals surface area (Å²) in [6, 6.07) is 14.8. The Balaban J connectivity index is 1.68. The van der Waals surface area contributed by atoms with Gasteiger partial charge in [0.05, 0.1) is 5.52 Å². The van der Waals surface area contributed by atoms with Gasteiger partial charge in [-0.05, 0) is 25.1 Å². The van der Waals surface area contributed by atoms with Gasteiger partial charge in [-0.15, -0.1) is 5.10 Å². The number of benzene rings is 2. The van der Waals surface area contributed by atoms with Gasteiger partial charge in [0.25, 0.3) is 5.91 Å². The van der Waals surface area contributed by atoms with Gasteiger partial charge >= 0.3 is 0 Å². The topological polar surface area (TPSA) is 96.7 Å². The van der Waals surface area contributed by atoms with E-state index in [1.807, 2.05) is 36.4 Å². The predicted molar refractivity (Wildman–Crippen MR) is 88.5 cm³/mol. The number of H-pyrrole nitrogens is 1. The van der Waals surface area contributed by atoms with Crippen molar-refractivity contribution in [1.29, 1.82) is 0 Å². The highest BCUT2D eigenvalue weighted by atomic mass is 16.5. The van der Waals surface area contributed by atoms with Crippen LogP contribution in [-0.2, 0) is 0 Å². The molecular weight excluding hydrogens is 306 g/mol. The molecule has 2 heterocycles. The molecule has 0 radical (unpaired) electrons. The molecule has 0 fully saturated rings. The molecule has 0 aliphatic carbocycles. The highest BCUT2D eigenvalue weighted by Gasteiger charge is 2.21. The maximum atomic E-state index is 12.7. The zero-order valence-corrected chi connectivity index (χ0v) is 12.8. The molecule has 4 aromatic rings. The minimum atomic E-state index is -0.282. The summed E-state index contributed by atoms with van der Waals surface area (Å²) in [6.45, 7) is 1.72. The molecule has 0 atom stereocenters. The molecule has 7 nitrogen and oxygen atoms in total. The molecule has 7 heteroatoms. The minimum absolute atomic E-state index is 0.282. The number of nitrogens with one attached hydrogen (secondary N) is 2. The second kappa shape index (κ2) is 5.62. The Morgan fingerprint density at radius 3 is 2.83 bits per heavy atom. The second-order valence-corrected chi connectivity index (χ2v) is 5.33. The lowest BCUT2D eigenvalue weighted by atomic mass is 10.1. The first-order valence-corrected chi connectivity index (χ1v) is 7.36. The molecule has 0 aliphatic rings. The van der Waals surface area contributed by atoms with Gasteiger partial charge in [-0.25, -0.2) is 0 Å². The van der Waals surface area contributed by atoms with Crippen LogP contribution in [0, 0.1) is 6.92 Å². The summed E-state index contributed by atoms with van der Waals surface area (Å²) < 4.78 is 5.23. The molecule has 2 N–H and O–H groups in total. The van der Waals surface area contributed by atoms with Gasteiger partial charge < -0.3 is 9.84 Å². The summed E-state index contributed by atoms with van der Waals surface area (Å²) in [5.41, 5.74) is 3.87. The summed E-state index contributed by atoms with van der Waals surface area (Å²) >= 11 is 0. The van der Waals surface area contributed by atoms with Gasteiger partial charge in [0.2, 0.25) is 0 Å². The predicted octanol–water partition coefficient (Wildman–Crippen LogP) is 3.17. The Bertz CT molecular complexity index is 1020. The standard InChI is InChI=1S/C17H13N5O2/c1-10-15(16(21-24-10)11-5-3-2-4-6-11)17(23)18-12-7-8-13-14(9-12)20-22-19-13/h2-9H,1H3,(H,18,23)(H,19,20,22). The van der Waals surface area contributed by atoms with Crippen molar-refractivity contribution in [3.8, 4) is 11.3 Å². The lowest BCUT2D eigenvalue weighted by Gasteiger charge is -2.05. The van der Waals surface area contributed by atoms with Crippen molar-refractivity contribution in [2.75, 3.05) is 5.32 Å². The minimum Gasteiger partial charge on any atom is -0.360 e. The Hall–Kier alpha value is -3.48. The van der Waals surface area contributed by atoms with E-state index < -0.39 is 0 Å². The van der Waals surface area contributed by atoms with Gasteiger partial charge in [-0.3, -0.25) is 9.89 Å². The van der Waals surface area contributed by atoms with Crippen LogP contribution in [0.25, 0.3) is 22.3 Å². The Morgan fingerprint density at radius 1 is 1.17 bits per heavy atom. The van der Waals surface area contributed by atoms with E-state index >= 15 is 0 Å². The van der Waals surface area contributed by atoms with Crippen molar-refractivity contribution in [2.24, 2.45) is 0 Å². The lowest BCUT2D eigenvalue weighted by Crippen LogP contribution is -2.13. The first kappa shape index (κ1) is 14.1. The van der Waals surface area contributed by atoms with E-state index in [9.17, 15) is 4.79 Å². The molecule has 0 aliphatic heterocycles. The fraction of sp³-hybridized carbons (Fsp3) is 0.0588. The quantitative estimate of drug-likeness (QED) is 0.604. The number of aryl methyl sites for hydroxylation is 1. The maximum Gasteiger partial charge on any atom is 0.261 e. The van der Waals surface area contributed by atoms with Crippen molar-refractivity contribution in [3.63, 3.8) is 0 Å². The largest absolute Gasteiger partial charge is 0.360 e. The van der Waals surface area contributed by atoms with E-state index in [4.69, 9.17) is 4.52 Å². The Morgan fingerprint density at radius 2 is 2.00 bits per heavy atom. The maximum absolute atomic E-state index is 12.7. The van der Waals surface area contributed by atoms with E-state index in [0.29, 0.717) is 28.2 Å². The first-order valence-electron chi connectivity index (χ1n) is 7.36. The zero-order chi connectivity index (χ0) is 16.5. The van der Waals surface area contributed by atoms with Crippen molar-refractivity contribution in [2.45, 2.75) is 6.92 Å². The number of aromatic amines is 1. The number of anilines is 1. The molecule has 24 heavy (non-hydrogen) atoms. The smallest absolute Gasteiger partial charge is 0.261 e. The number of nitrogens with zero attached hydrogens (tertiary/aromatic N) is 3. The summed E-state index contributed by atoms with van der Waals surface area (Å²) in [4.78, 5) is 12.7. The van der Waals surface area contributed by atoms with Gasteiger partial charge in [0.1, 0.15) is 22.5 Å². The lowest BCUT2D eigenvalue weighted by molar-refractivity contribution is 0.102. The molecule has 2 aromatic heterocycles. The second-order valence-electron chi connectivity index (χ2n) is 5.33. The normalized spacial score (nSPS) is 10.9. The Labute approximate surface area is 136 Å². The van der Waals surface area contributed by atoms with Crippen molar-refractivity contribution in [3.05, 3.63) is 59.9 Å². The fourth-order valence-corrected chi connectivity index (χ4v) is 2.55. The summed E-state index contributed by atoms with van der Waals surface area (Å²) in [5, 5.41) is 17.3. The summed E-state index contributed by atoms with van der Waals surface area (Å²) in [7, 11) is 0. The third kappa shape index (κ3) is 2.41. The van der Waals surface area contributed by atoms with Gasteiger partial charge in [0.15, 0.2) is 0 Å². The average molecular weight is 319 g/mol. The number of hydrogen-bond acceptors (Lipinski definition) is 5. The highest BCUT2D eigenvalue weighted by molar-refractivity contribution is 6.09. The molecule has 2 aromatic carbocycles. The molecule has 0 unspecified atom stereocenters. The molecule has 1 amide bonds. The van der Waals surface area contributed by atoms with Crippen molar-refractivity contribution in [1.82, 2.24) is 20.6 Å². The van der Waals surface area contributed by atoms with Gasteiger partial charge in [0, 0.05) is 11.3 Å². The van der Waals surface area contributed by atoms with E-state index in [-0.39, 0.29) is 5.91 Å². The Kier molecular flexibility index (Phi) is 3.31. The van der Waals surface area contributed by atoms with Crippen LogP contribution >= 0.6 is 0 Å². The monoisotopic (exact) mass is 319 g/mol. The van der Waals surface area contributed by atoms with Gasteiger partial charge in [-0.1, -0.05) is 40.7 Å². The number of aromatic nitrogens is 4. The van der Waals surface area contributed by atoms with Crippen LogP contribution < -0.4 is 5.32 Å². The summed E-state index contributed by atoms with van der Waals surface area (Å²) in [5.74, 6) is 0.185. The third-order valence-corrected chi connectivity index (χ3v) is 3.72. The van der Waals surface area contributed by atoms with Crippen molar-refractivity contribution >= 4 is 22.6 Å². The van der Waals surface area contributed by atoms with Crippen molar-refractivity contribution < 1.29 is 9.32 Å². The fourth-order valence-electron chi connectivity index (χ4n) is 2.55. The van der Waals surface area contributed by atoms with E-state index in [1.54, 1.807) is 19.1 Å². The third-order valence-electron chi connectivity index (χ3n) is 3.72. The van der Waals surface area contributed by atoms with Crippen LogP contribution in [0.5, 0.6) is 0 Å². The van der Waals surface area contributed by atoms with Crippen LogP contribution in [0.3, 0.4) is 0 Å². The first-order chi connectivity index (χ1) is 11.7. The molecule has 118 valence electrons. The SMILES string of the molecule is Cc1onc(-c2ccccc2)c1C(=O)Nc1ccc2[nH]nnc2c1. The number of amides is 1. The molecule has 4 rings (SSSR count). The van der Waals surface area contributed by atoms with E-state index in [2.05, 4.69) is 25.9 Å². The van der Waals surface area contributed by atoms with Crippen LogP contribution in [0.4, 0.5) is 5.69 Å². The number of carbonyl (C=O) groups is 1. The highest BCUT2D eigenvalue weighted by Crippen LogP contribution is 2.26. The molecule has 0 saturated carbocycles. The van der Waals surface area contributed by atoms with Crippen LogP contribution in [0.15, 0.2) is 53.1 Å². The summed E-state index contributed by atoms with van der Waals surface area (Å²) in [6.07, 6.45) is 0. The molecule has 0 saturated heterocycles. The molecular formula is C17H13N5O2. The molecule has 0 bridgehead atoms. The average Bonchev–Trinajstić information content (AvgIpc) is 3.21. The number of hydrogen-bond donors (Lipinski definition) is 2. The molecule has 0 spiro atoms. The van der Waals surface area contributed by atoms with Crippen LogP contribution in [-0.4, -0.2) is 26.5 Å². The van der Waals surface area contributed by atoms with Crippen LogP contribution in [0.1, 0.15) is 16.1 Å². The van der Waals surface area contributed by atoms with Gasteiger partial charge in [-0.2, -0.15) is 0 Å². The number of carbonyl (C=O) groups excluding carboxylic acids is 1.